The summed E-state index contributed by atoms with van der Waals surface area (Å²) in [7, 11) is 0. The number of hydrogen-bond acceptors (Lipinski definition) is 3. The van der Waals surface area contributed by atoms with E-state index in [0.717, 1.165) is 6.54 Å². The Morgan fingerprint density at radius 1 is 1.43 bits per heavy atom. The van der Waals surface area contributed by atoms with Crippen LogP contribution >= 0.6 is 0 Å². The zero-order valence-corrected chi connectivity index (χ0v) is 7.45. The number of carbonyl (C=O) groups excluding carboxylic acids is 1. The summed E-state index contributed by atoms with van der Waals surface area (Å²) < 4.78 is 35.3. The number of alkyl halides is 3. The van der Waals surface area contributed by atoms with Crippen molar-refractivity contribution in [1.82, 2.24) is 16.0 Å². The summed E-state index contributed by atoms with van der Waals surface area (Å²) in [6.07, 6.45) is -4.79. The van der Waals surface area contributed by atoms with Gasteiger partial charge in [-0.25, -0.2) is 0 Å². The monoisotopic (exact) mass is 211 g/mol. The Morgan fingerprint density at radius 2 is 2.14 bits per heavy atom. The summed E-state index contributed by atoms with van der Waals surface area (Å²) in [6, 6.07) is -0.130. The van der Waals surface area contributed by atoms with Gasteiger partial charge < -0.3 is 16.0 Å². The fraction of sp³-hybridized carbons (Fsp3) is 0.857. The van der Waals surface area contributed by atoms with Crippen molar-refractivity contribution in [2.45, 2.75) is 12.2 Å². The zero-order valence-electron chi connectivity index (χ0n) is 7.45. The minimum Gasteiger partial charge on any atom is -0.347 e. The summed E-state index contributed by atoms with van der Waals surface area (Å²) in [5, 5.41) is 7.81. The third kappa shape index (κ3) is 3.51. The number of halogens is 3. The lowest BCUT2D eigenvalue weighted by molar-refractivity contribution is -0.173. The van der Waals surface area contributed by atoms with Crippen molar-refractivity contribution in [3.63, 3.8) is 0 Å². The Labute approximate surface area is 79.2 Å². The third-order valence-corrected chi connectivity index (χ3v) is 1.89. The van der Waals surface area contributed by atoms with Crippen LogP contribution in [0.4, 0.5) is 13.2 Å². The summed E-state index contributed by atoms with van der Waals surface area (Å²) >= 11 is 0. The molecule has 0 aromatic heterocycles. The molecule has 0 aromatic rings. The van der Waals surface area contributed by atoms with Crippen LogP contribution in [0.3, 0.4) is 0 Å². The minimum absolute atomic E-state index is 0.00859. The van der Waals surface area contributed by atoms with E-state index >= 15 is 0 Å². The van der Waals surface area contributed by atoms with Gasteiger partial charge in [-0.3, -0.25) is 4.79 Å². The first-order valence-electron chi connectivity index (χ1n) is 4.29. The molecule has 1 heterocycles. The molecule has 0 bridgehead atoms. The largest absolute Gasteiger partial charge is 0.471 e. The fourth-order valence-electron chi connectivity index (χ4n) is 1.17. The molecule has 7 heteroatoms. The van der Waals surface area contributed by atoms with E-state index in [4.69, 9.17) is 0 Å². The van der Waals surface area contributed by atoms with Gasteiger partial charge in [-0.05, 0) is 0 Å². The molecule has 3 N–H and O–H groups in total. The molecule has 0 spiro atoms. The second kappa shape index (κ2) is 4.61. The van der Waals surface area contributed by atoms with Crippen LogP contribution in [0.15, 0.2) is 0 Å². The Bertz CT molecular complexity index is 201. The number of piperazine rings is 1. The molecule has 1 amide bonds. The van der Waals surface area contributed by atoms with Gasteiger partial charge in [-0.15, -0.1) is 0 Å². The normalized spacial score (nSPS) is 23.2. The van der Waals surface area contributed by atoms with Gasteiger partial charge in [0.05, 0.1) is 0 Å². The first-order chi connectivity index (χ1) is 6.50. The third-order valence-electron chi connectivity index (χ3n) is 1.89. The highest BCUT2D eigenvalue weighted by molar-refractivity contribution is 5.81. The first-order valence-corrected chi connectivity index (χ1v) is 4.29. The van der Waals surface area contributed by atoms with Crippen molar-refractivity contribution in [3.8, 4) is 0 Å². The molecular weight excluding hydrogens is 199 g/mol. The van der Waals surface area contributed by atoms with E-state index in [1.807, 2.05) is 5.32 Å². The van der Waals surface area contributed by atoms with Gasteiger partial charge in [0.2, 0.25) is 0 Å². The van der Waals surface area contributed by atoms with Crippen LogP contribution < -0.4 is 16.0 Å². The average Bonchev–Trinajstić information content (AvgIpc) is 2.14. The lowest BCUT2D eigenvalue weighted by Crippen LogP contribution is -2.54. The molecule has 0 aromatic carbocycles. The topological polar surface area (TPSA) is 53.2 Å². The minimum atomic E-state index is -4.79. The van der Waals surface area contributed by atoms with E-state index in [9.17, 15) is 18.0 Å². The maximum Gasteiger partial charge on any atom is 0.471 e. The predicted molar refractivity (Wildman–Crippen MR) is 43.7 cm³/mol. The number of hydrogen-bond donors (Lipinski definition) is 3. The van der Waals surface area contributed by atoms with E-state index in [-0.39, 0.29) is 12.6 Å². The Morgan fingerprint density at radius 3 is 2.64 bits per heavy atom. The summed E-state index contributed by atoms with van der Waals surface area (Å²) in [5.74, 6) is -1.88. The van der Waals surface area contributed by atoms with Crippen LogP contribution in [-0.4, -0.2) is 44.3 Å². The van der Waals surface area contributed by atoms with Crippen LogP contribution in [0.25, 0.3) is 0 Å². The standard InChI is InChI=1S/C7H12F3N3O/c8-7(9,10)6(14)13-4-5-3-11-1-2-12-5/h5,11-12H,1-4H2,(H,13,14). The molecule has 1 aliphatic heterocycles. The molecule has 1 atom stereocenters. The number of rotatable bonds is 2. The molecule has 1 saturated heterocycles. The van der Waals surface area contributed by atoms with Crippen LogP contribution in [0.1, 0.15) is 0 Å². The molecule has 0 radical (unpaired) electrons. The summed E-state index contributed by atoms with van der Waals surface area (Å²) in [6.45, 7) is 2.06. The highest BCUT2D eigenvalue weighted by Gasteiger charge is 2.38. The molecule has 82 valence electrons. The highest BCUT2D eigenvalue weighted by atomic mass is 19.4. The second-order valence-corrected chi connectivity index (χ2v) is 3.06. The van der Waals surface area contributed by atoms with Gasteiger partial charge in [0.1, 0.15) is 0 Å². The molecule has 0 saturated carbocycles. The average molecular weight is 211 g/mol. The van der Waals surface area contributed by atoms with Crippen molar-refractivity contribution in [3.05, 3.63) is 0 Å². The number of amides is 1. The van der Waals surface area contributed by atoms with Gasteiger partial charge in [0.15, 0.2) is 0 Å². The number of nitrogens with one attached hydrogen (secondary N) is 3. The van der Waals surface area contributed by atoms with Crippen LogP contribution in [0.2, 0.25) is 0 Å². The predicted octanol–water partition coefficient (Wildman–Crippen LogP) is -0.774. The fourth-order valence-corrected chi connectivity index (χ4v) is 1.17. The maximum absolute atomic E-state index is 11.8. The second-order valence-electron chi connectivity index (χ2n) is 3.06. The quantitative estimate of drug-likeness (QED) is 0.562. The smallest absolute Gasteiger partial charge is 0.347 e. The Hall–Kier alpha value is -0.820. The molecule has 1 unspecified atom stereocenters. The SMILES string of the molecule is O=C(NCC1CNCCN1)C(F)(F)F. The van der Waals surface area contributed by atoms with E-state index in [1.165, 1.54) is 0 Å². The molecule has 1 rings (SSSR count). The van der Waals surface area contributed by atoms with Gasteiger partial charge in [0, 0.05) is 32.2 Å². The molecule has 1 aliphatic rings. The van der Waals surface area contributed by atoms with Crippen molar-refractivity contribution in [2.24, 2.45) is 0 Å². The van der Waals surface area contributed by atoms with E-state index in [1.54, 1.807) is 0 Å². The molecule has 1 fully saturated rings. The summed E-state index contributed by atoms with van der Waals surface area (Å²) in [5.41, 5.74) is 0. The Balaban J connectivity index is 2.22. The maximum atomic E-state index is 11.8. The first kappa shape index (κ1) is 11.3. The number of carbonyl (C=O) groups is 1. The van der Waals surface area contributed by atoms with Gasteiger partial charge in [0.25, 0.3) is 0 Å². The van der Waals surface area contributed by atoms with Gasteiger partial charge in [-0.2, -0.15) is 13.2 Å². The molecule has 4 nitrogen and oxygen atoms in total. The molecule has 0 aliphatic carbocycles. The van der Waals surface area contributed by atoms with Crippen LogP contribution in [-0.2, 0) is 4.79 Å². The summed E-state index contributed by atoms with van der Waals surface area (Å²) in [4.78, 5) is 10.4. The van der Waals surface area contributed by atoms with Crippen molar-refractivity contribution < 1.29 is 18.0 Å². The van der Waals surface area contributed by atoms with Gasteiger partial charge >= 0.3 is 12.1 Å². The molecular formula is C7H12F3N3O. The lowest BCUT2D eigenvalue weighted by Gasteiger charge is -2.24. The van der Waals surface area contributed by atoms with Crippen molar-refractivity contribution in [2.75, 3.05) is 26.2 Å². The van der Waals surface area contributed by atoms with E-state index in [0.29, 0.717) is 13.1 Å². The van der Waals surface area contributed by atoms with Gasteiger partial charge in [-0.1, -0.05) is 0 Å². The van der Waals surface area contributed by atoms with Crippen molar-refractivity contribution >= 4 is 5.91 Å². The van der Waals surface area contributed by atoms with E-state index < -0.39 is 12.1 Å². The van der Waals surface area contributed by atoms with Crippen molar-refractivity contribution in [1.29, 1.82) is 0 Å². The Kier molecular flexibility index (Phi) is 3.70. The highest BCUT2D eigenvalue weighted by Crippen LogP contribution is 2.13. The van der Waals surface area contributed by atoms with Crippen LogP contribution in [0, 0.1) is 0 Å². The zero-order chi connectivity index (χ0) is 10.6. The van der Waals surface area contributed by atoms with E-state index in [2.05, 4.69) is 10.6 Å². The molecule has 14 heavy (non-hydrogen) atoms. The van der Waals surface area contributed by atoms with Crippen LogP contribution in [0.5, 0.6) is 0 Å². The lowest BCUT2D eigenvalue weighted by atomic mass is 10.2.